The van der Waals surface area contributed by atoms with Crippen LogP contribution in [0.2, 0.25) is 0 Å². The van der Waals surface area contributed by atoms with Crippen LogP contribution in [0.1, 0.15) is 226 Å². The predicted octanol–water partition coefficient (Wildman–Crippen LogP) is 19.8. The van der Waals surface area contributed by atoms with Gasteiger partial charge < -0.3 is 14.2 Å². The highest BCUT2D eigenvalue weighted by Gasteiger charge is 2.19. The first kappa shape index (κ1) is 68.0. The quantitative estimate of drug-likeness (QED) is 0.0261. The first-order valence-electron chi connectivity index (χ1n) is 29.2. The van der Waals surface area contributed by atoms with Crippen LogP contribution >= 0.6 is 0 Å². The number of hydrogen-bond donors (Lipinski definition) is 0. The Morgan fingerprint density at radius 3 is 0.836 bits per heavy atom. The fraction of sp³-hybridized carbons (Fsp3) is 0.567. The van der Waals surface area contributed by atoms with Gasteiger partial charge in [0.25, 0.3) is 0 Å². The van der Waals surface area contributed by atoms with Crippen molar-refractivity contribution in [2.45, 2.75) is 232 Å². The molecule has 0 aromatic carbocycles. The van der Waals surface area contributed by atoms with Crippen molar-refractivity contribution in [2.75, 3.05) is 13.2 Å². The average Bonchev–Trinajstić information content (AvgIpc) is 3.39. The molecule has 1 unspecified atom stereocenters. The third kappa shape index (κ3) is 57.8. The molecule has 0 spiro atoms. The lowest BCUT2D eigenvalue weighted by molar-refractivity contribution is -0.167. The zero-order chi connectivity index (χ0) is 52.9. The molecule has 408 valence electrons. The first-order valence-corrected chi connectivity index (χ1v) is 29.2. The molecular weight excluding hydrogens is 901 g/mol. The summed E-state index contributed by atoms with van der Waals surface area (Å²) in [5.74, 6) is -1.01. The van der Waals surface area contributed by atoms with Crippen molar-refractivity contribution in [1.82, 2.24) is 0 Å². The van der Waals surface area contributed by atoms with E-state index in [0.29, 0.717) is 25.7 Å². The van der Waals surface area contributed by atoms with Crippen molar-refractivity contribution in [3.63, 3.8) is 0 Å². The van der Waals surface area contributed by atoms with Crippen LogP contribution in [0.4, 0.5) is 0 Å². The summed E-state index contributed by atoms with van der Waals surface area (Å²) in [6.07, 6.45) is 86.5. The Kier molecular flexibility index (Phi) is 55.5. The number of unbranched alkanes of at least 4 members (excludes halogenated alkanes) is 24. The van der Waals surface area contributed by atoms with E-state index in [1.165, 1.54) is 103 Å². The molecule has 0 aliphatic heterocycles. The largest absolute Gasteiger partial charge is 0.462 e. The van der Waals surface area contributed by atoms with Crippen LogP contribution in [0.5, 0.6) is 0 Å². The second kappa shape index (κ2) is 59.6. The maximum Gasteiger partial charge on any atom is 0.306 e. The van der Waals surface area contributed by atoms with E-state index < -0.39 is 6.10 Å². The Hall–Kier alpha value is -4.97. The molecule has 0 saturated carbocycles. The van der Waals surface area contributed by atoms with Gasteiger partial charge in [-0.3, -0.25) is 14.4 Å². The molecule has 0 saturated heterocycles. The SMILES string of the molecule is CC\C=C/C=C\C=C/C=C\C=C\C=C/C=C\CCCCCC(=O)OCC(COC(=O)CCCCC\C=C/C=C/C=C\C=C/C=C\C=C/CC)OC(=O)CCCCCCCCCCCCCCCCCCCCC. The Morgan fingerprint density at radius 2 is 0.534 bits per heavy atom. The van der Waals surface area contributed by atoms with Crippen LogP contribution in [-0.2, 0) is 28.6 Å². The van der Waals surface area contributed by atoms with E-state index in [1.807, 2.05) is 134 Å². The molecule has 73 heavy (non-hydrogen) atoms. The highest BCUT2D eigenvalue weighted by atomic mass is 16.6. The lowest BCUT2D eigenvalue weighted by Crippen LogP contribution is -2.30. The summed E-state index contributed by atoms with van der Waals surface area (Å²) in [7, 11) is 0. The number of carbonyl (C=O) groups is 3. The smallest absolute Gasteiger partial charge is 0.306 e. The molecule has 1 atom stereocenters. The molecule has 6 heteroatoms. The van der Waals surface area contributed by atoms with Crippen molar-refractivity contribution < 1.29 is 28.6 Å². The Labute approximate surface area is 448 Å². The second-order valence-corrected chi connectivity index (χ2v) is 18.8. The van der Waals surface area contributed by atoms with Crippen LogP contribution in [0.15, 0.2) is 158 Å². The molecule has 0 fully saturated rings. The summed E-state index contributed by atoms with van der Waals surface area (Å²) < 4.78 is 16.8. The van der Waals surface area contributed by atoms with Gasteiger partial charge in [-0.25, -0.2) is 0 Å². The van der Waals surface area contributed by atoms with Gasteiger partial charge >= 0.3 is 17.9 Å². The van der Waals surface area contributed by atoms with Crippen molar-refractivity contribution in [3.8, 4) is 0 Å². The van der Waals surface area contributed by atoms with Gasteiger partial charge in [-0.05, 0) is 57.8 Å². The summed E-state index contributed by atoms with van der Waals surface area (Å²) in [6.45, 7) is 6.27. The zero-order valence-electron chi connectivity index (χ0n) is 46.6. The Balaban J connectivity index is 4.58. The van der Waals surface area contributed by atoms with E-state index in [-0.39, 0.29) is 31.1 Å². The fourth-order valence-electron chi connectivity index (χ4n) is 7.58. The molecule has 0 rings (SSSR count). The first-order chi connectivity index (χ1) is 36.0. The topological polar surface area (TPSA) is 78.9 Å². The molecule has 0 radical (unpaired) electrons. The Bertz CT molecular complexity index is 1670. The van der Waals surface area contributed by atoms with Crippen LogP contribution in [0.3, 0.4) is 0 Å². The predicted molar refractivity (Wildman–Crippen MR) is 315 cm³/mol. The van der Waals surface area contributed by atoms with E-state index in [2.05, 4.69) is 45.1 Å². The van der Waals surface area contributed by atoms with Gasteiger partial charge in [0.2, 0.25) is 0 Å². The third-order valence-electron chi connectivity index (χ3n) is 11.9. The monoisotopic (exact) mass is 1000 g/mol. The lowest BCUT2D eigenvalue weighted by Gasteiger charge is -2.18. The highest BCUT2D eigenvalue weighted by Crippen LogP contribution is 2.16. The molecule has 0 heterocycles. The second-order valence-electron chi connectivity index (χ2n) is 18.8. The summed E-state index contributed by atoms with van der Waals surface area (Å²) in [6, 6.07) is 0. The van der Waals surface area contributed by atoms with Crippen LogP contribution < -0.4 is 0 Å². The molecule has 0 aliphatic carbocycles. The standard InChI is InChI=1S/C67H104O6/c1-4-7-10-13-16-19-22-25-28-31-33-36-39-42-45-48-51-54-57-60-66(69)72-63-64(62-71-65(68)59-56-53-50-47-44-41-38-35-30-27-24-21-18-15-12-9-6-3)73-67(70)61-58-55-52-49-46-43-40-37-34-32-29-26-23-20-17-14-11-8-5-2/h7,9-10,12-13,15-16,18-19,21-22,24-25,27-28,30-31,33,35-36,38-39,41-42,44-45,64H,4-6,8,11,14,17,20,23,26,29,32,34,37,40,43,46-63H2,1-3H3/b10-7-,12-9-,16-13-,18-15-,22-19-,24-21-,28-25-,30-27-,33-31+,38-35+,39-36-,44-41-,45-42-. The average molecular weight is 1010 g/mol. The van der Waals surface area contributed by atoms with E-state index in [4.69, 9.17) is 14.2 Å². The van der Waals surface area contributed by atoms with Crippen LogP contribution in [-0.4, -0.2) is 37.2 Å². The van der Waals surface area contributed by atoms with Crippen molar-refractivity contribution >= 4 is 17.9 Å². The molecule has 0 bridgehead atoms. The minimum atomic E-state index is -0.823. The van der Waals surface area contributed by atoms with Crippen molar-refractivity contribution in [2.24, 2.45) is 0 Å². The normalized spacial score (nSPS) is 13.3. The van der Waals surface area contributed by atoms with Gasteiger partial charge in [0, 0.05) is 19.3 Å². The van der Waals surface area contributed by atoms with Gasteiger partial charge in [-0.1, -0.05) is 307 Å². The number of hydrogen-bond acceptors (Lipinski definition) is 6. The summed E-state index contributed by atoms with van der Waals surface area (Å²) in [5, 5.41) is 0. The highest BCUT2D eigenvalue weighted by molar-refractivity contribution is 5.71. The van der Waals surface area contributed by atoms with E-state index in [0.717, 1.165) is 77.0 Å². The number of rotatable bonds is 50. The van der Waals surface area contributed by atoms with Crippen molar-refractivity contribution in [3.05, 3.63) is 158 Å². The van der Waals surface area contributed by atoms with E-state index >= 15 is 0 Å². The van der Waals surface area contributed by atoms with Gasteiger partial charge in [0.05, 0.1) is 0 Å². The summed E-state index contributed by atoms with van der Waals surface area (Å²) in [4.78, 5) is 38.2. The number of carbonyl (C=O) groups excluding carboxylic acids is 3. The molecule has 0 amide bonds. The minimum Gasteiger partial charge on any atom is -0.462 e. The molecule has 0 N–H and O–H groups in total. The van der Waals surface area contributed by atoms with Crippen molar-refractivity contribution in [1.29, 1.82) is 0 Å². The minimum absolute atomic E-state index is 0.122. The number of esters is 3. The molecule has 6 nitrogen and oxygen atoms in total. The zero-order valence-corrected chi connectivity index (χ0v) is 46.6. The van der Waals surface area contributed by atoms with Gasteiger partial charge in [0.1, 0.15) is 13.2 Å². The summed E-state index contributed by atoms with van der Waals surface area (Å²) in [5.41, 5.74) is 0. The van der Waals surface area contributed by atoms with E-state index in [1.54, 1.807) is 0 Å². The maximum atomic E-state index is 12.9. The van der Waals surface area contributed by atoms with Crippen LogP contribution in [0.25, 0.3) is 0 Å². The Morgan fingerprint density at radius 1 is 0.288 bits per heavy atom. The molecular formula is C67H104O6. The van der Waals surface area contributed by atoms with Gasteiger partial charge in [0.15, 0.2) is 6.10 Å². The fourth-order valence-corrected chi connectivity index (χ4v) is 7.58. The third-order valence-corrected chi connectivity index (χ3v) is 11.9. The molecule has 0 aromatic rings. The maximum absolute atomic E-state index is 12.9. The van der Waals surface area contributed by atoms with Gasteiger partial charge in [-0.2, -0.15) is 0 Å². The van der Waals surface area contributed by atoms with E-state index in [9.17, 15) is 14.4 Å². The van der Waals surface area contributed by atoms with Crippen LogP contribution in [0, 0.1) is 0 Å². The summed E-state index contributed by atoms with van der Waals surface area (Å²) >= 11 is 0. The lowest BCUT2D eigenvalue weighted by atomic mass is 10.0. The number of allylic oxidation sites excluding steroid dienone is 26. The molecule has 0 aliphatic rings. The number of ether oxygens (including phenoxy) is 3. The van der Waals surface area contributed by atoms with Gasteiger partial charge in [-0.15, -0.1) is 0 Å². The molecule has 0 aromatic heterocycles.